The lowest BCUT2D eigenvalue weighted by Gasteiger charge is -2.12. The SMILES string of the molecule is Cc1ccc(NC(=O)CN2C(=O)SC(=Cc3cccc(Cl)c3)C2=O)cc1. The molecule has 2 aromatic carbocycles. The predicted octanol–water partition coefficient (Wildman–Crippen LogP) is 4.32. The number of benzene rings is 2. The fraction of sp³-hybridized carbons (Fsp3) is 0.105. The molecule has 1 saturated heterocycles. The van der Waals surface area contributed by atoms with Crippen molar-refractivity contribution in [2.45, 2.75) is 6.92 Å². The smallest absolute Gasteiger partial charge is 0.294 e. The molecule has 0 unspecified atom stereocenters. The molecule has 0 aromatic heterocycles. The molecule has 7 heteroatoms. The number of anilines is 1. The Morgan fingerprint density at radius 2 is 1.92 bits per heavy atom. The first-order chi connectivity index (χ1) is 12.4. The quantitative estimate of drug-likeness (QED) is 0.794. The third-order valence-electron chi connectivity index (χ3n) is 3.66. The second-order valence-electron chi connectivity index (χ2n) is 5.74. The van der Waals surface area contributed by atoms with Crippen LogP contribution in [0.2, 0.25) is 5.02 Å². The van der Waals surface area contributed by atoms with E-state index in [0.29, 0.717) is 16.3 Å². The molecule has 0 bridgehead atoms. The molecule has 1 aliphatic heterocycles. The Hall–Kier alpha value is -2.57. The van der Waals surface area contributed by atoms with Crippen molar-refractivity contribution < 1.29 is 14.4 Å². The van der Waals surface area contributed by atoms with Crippen LogP contribution in [0.5, 0.6) is 0 Å². The highest BCUT2D eigenvalue weighted by atomic mass is 35.5. The first kappa shape index (κ1) is 18.2. The first-order valence-electron chi connectivity index (χ1n) is 7.80. The highest BCUT2D eigenvalue weighted by molar-refractivity contribution is 8.18. The number of halogens is 1. The molecule has 0 aliphatic carbocycles. The lowest BCUT2D eigenvalue weighted by atomic mass is 10.2. The molecular formula is C19H15ClN2O3S. The Bertz CT molecular complexity index is 909. The summed E-state index contributed by atoms with van der Waals surface area (Å²) in [7, 11) is 0. The maximum atomic E-state index is 12.4. The number of nitrogens with zero attached hydrogens (tertiary/aromatic N) is 1. The van der Waals surface area contributed by atoms with Crippen molar-refractivity contribution in [3.63, 3.8) is 0 Å². The van der Waals surface area contributed by atoms with Crippen LogP contribution < -0.4 is 5.32 Å². The van der Waals surface area contributed by atoms with Crippen LogP contribution in [0, 0.1) is 6.92 Å². The molecule has 26 heavy (non-hydrogen) atoms. The summed E-state index contributed by atoms with van der Waals surface area (Å²) in [4.78, 5) is 37.9. The van der Waals surface area contributed by atoms with Gasteiger partial charge in [-0.1, -0.05) is 41.4 Å². The van der Waals surface area contributed by atoms with Crippen LogP contribution in [-0.4, -0.2) is 28.5 Å². The second-order valence-corrected chi connectivity index (χ2v) is 7.17. The van der Waals surface area contributed by atoms with E-state index in [2.05, 4.69) is 5.32 Å². The number of carbonyl (C=O) groups is 3. The average molecular weight is 387 g/mol. The van der Waals surface area contributed by atoms with Gasteiger partial charge in [0.25, 0.3) is 11.1 Å². The molecule has 132 valence electrons. The summed E-state index contributed by atoms with van der Waals surface area (Å²) >= 11 is 6.74. The average Bonchev–Trinajstić information content (AvgIpc) is 2.84. The van der Waals surface area contributed by atoms with Gasteiger partial charge in [0, 0.05) is 10.7 Å². The minimum atomic E-state index is -0.487. The van der Waals surface area contributed by atoms with E-state index in [4.69, 9.17) is 11.6 Å². The van der Waals surface area contributed by atoms with Crippen molar-refractivity contribution in [2.24, 2.45) is 0 Å². The van der Waals surface area contributed by atoms with Crippen LogP contribution in [0.25, 0.3) is 6.08 Å². The highest BCUT2D eigenvalue weighted by Crippen LogP contribution is 2.32. The molecule has 1 heterocycles. The van der Waals surface area contributed by atoms with Gasteiger partial charge in [-0.2, -0.15) is 0 Å². The molecule has 1 N–H and O–H groups in total. The van der Waals surface area contributed by atoms with E-state index in [9.17, 15) is 14.4 Å². The van der Waals surface area contributed by atoms with E-state index in [1.54, 1.807) is 42.5 Å². The van der Waals surface area contributed by atoms with Crippen LogP contribution in [0.3, 0.4) is 0 Å². The fourth-order valence-corrected chi connectivity index (χ4v) is 3.40. The highest BCUT2D eigenvalue weighted by Gasteiger charge is 2.36. The molecule has 2 aromatic rings. The molecular weight excluding hydrogens is 372 g/mol. The summed E-state index contributed by atoms with van der Waals surface area (Å²) in [6.07, 6.45) is 1.59. The van der Waals surface area contributed by atoms with Crippen LogP contribution in [0.15, 0.2) is 53.4 Å². The molecule has 5 nitrogen and oxygen atoms in total. The van der Waals surface area contributed by atoms with Gasteiger partial charge in [-0.15, -0.1) is 0 Å². The molecule has 3 amide bonds. The minimum Gasteiger partial charge on any atom is -0.325 e. The van der Waals surface area contributed by atoms with E-state index in [-0.39, 0.29) is 11.4 Å². The number of carbonyl (C=O) groups excluding carboxylic acids is 3. The van der Waals surface area contributed by atoms with Gasteiger partial charge in [0.05, 0.1) is 4.91 Å². The van der Waals surface area contributed by atoms with Gasteiger partial charge in [0.2, 0.25) is 5.91 Å². The number of amides is 3. The van der Waals surface area contributed by atoms with Gasteiger partial charge in [0.15, 0.2) is 0 Å². The molecule has 0 saturated carbocycles. The Balaban J connectivity index is 1.69. The molecule has 1 fully saturated rings. The molecule has 0 radical (unpaired) electrons. The van der Waals surface area contributed by atoms with Crippen LogP contribution in [0.1, 0.15) is 11.1 Å². The number of thioether (sulfide) groups is 1. The largest absolute Gasteiger partial charge is 0.325 e. The number of hydrogen-bond donors (Lipinski definition) is 1. The molecule has 3 rings (SSSR count). The number of aryl methyl sites for hydroxylation is 1. The Kier molecular flexibility index (Phi) is 5.44. The summed E-state index contributed by atoms with van der Waals surface area (Å²) in [5, 5.41) is 2.75. The van der Waals surface area contributed by atoms with E-state index in [1.165, 1.54) is 0 Å². The van der Waals surface area contributed by atoms with Crippen molar-refractivity contribution in [2.75, 3.05) is 11.9 Å². The zero-order valence-electron chi connectivity index (χ0n) is 13.9. The van der Waals surface area contributed by atoms with Gasteiger partial charge in [-0.25, -0.2) is 0 Å². The zero-order chi connectivity index (χ0) is 18.7. The number of imide groups is 1. The number of rotatable bonds is 4. The normalized spacial score (nSPS) is 15.6. The molecule has 0 atom stereocenters. The van der Waals surface area contributed by atoms with Crippen LogP contribution in [0.4, 0.5) is 10.5 Å². The third kappa shape index (κ3) is 4.33. The third-order valence-corrected chi connectivity index (χ3v) is 4.80. The summed E-state index contributed by atoms with van der Waals surface area (Å²) in [6, 6.07) is 14.2. The maximum absolute atomic E-state index is 12.4. The Morgan fingerprint density at radius 3 is 2.62 bits per heavy atom. The summed E-state index contributed by atoms with van der Waals surface area (Å²) in [5.74, 6) is -0.917. The van der Waals surface area contributed by atoms with Gasteiger partial charge < -0.3 is 5.32 Å². The predicted molar refractivity (Wildman–Crippen MR) is 104 cm³/mol. The maximum Gasteiger partial charge on any atom is 0.294 e. The van der Waals surface area contributed by atoms with E-state index < -0.39 is 17.1 Å². The summed E-state index contributed by atoms with van der Waals surface area (Å²) in [5.41, 5.74) is 2.40. The van der Waals surface area contributed by atoms with E-state index >= 15 is 0 Å². The molecule has 0 spiro atoms. The number of nitrogens with one attached hydrogen (secondary N) is 1. The van der Waals surface area contributed by atoms with Crippen LogP contribution >= 0.6 is 23.4 Å². The standard InChI is InChI=1S/C19H15ClN2O3S/c1-12-5-7-15(8-6-12)21-17(23)11-22-18(24)16(26-19(22)25)10-13-3-2-4-14(20)9-13/h2-10H,11H2,1H3,(H,21,23). The molecule has 1 aliphatic rings. The lowest BCUT2D eigenvalue weighted by molar-refractivity contribution is -0.127. The summed E-state index contributed by atoms with van der Waals surface area (Å²) < 4.78 is 0. The van der Waals surface area contributed by atoms with Crippen molar-refractivity contribution in [3.05, 3.63) is 69.6 Å². The minimum absolute atomic E-state index is 0.264. The van der Waals surface area contributed by atoms with Gasteiger partial charge in [0.1, 0.15) is 6.54 Å². The number of hydrogen-bond acceptors (Lipinski definition) is 4. The van der Waals surface area contributed by atoms with Gasteiger partial charge in [-0.3, -0.25) is 19.3 Å². The van der Waals surface area contributed by atoms with Gasteiger partial charge >= 0.3 is 0 Å². The van der Waals surface area contributed by atoms with E-state index in [0.717, 1.165) is 22.2 Å². The van der Waals surface area contributed by atoms with Crippen molar-refractivity contribution in [1.29, 1.82) is 0 Å². The second kappa shape index (κ2) is 7.76. The van der Waals surface area contributed by atoms with Gasteiger partial charge in [-0.05, 0) is 54.6 Å². The van der Waals surface area contributed by atoms with Crippen molar-refractivity contribution in [3.8, 4) is 0 Å². The van der Waals surface area contributed by atoms with E-state index in [1.807, 2.05) is 19.1 Å². The van der Waals surface area contributed by atoms with Crippen LogP contribution in [-0.2, 0) is 9.59 Å². The fourth-order valence-electron chi connectivity index (χ4n) is 2.37. The van der Waals surface area contributed by atoms with Crippen molar-refractivity contribution >= 4 is 52.2 Å². The zero-order valence-corrected chi connectivity index (χ0v) is 15.4. The Labute approximate surface area is 160 Å². The Morgan fingerprint density at radius 1 is 1.19 bits per heavy atom. The first-order valence-corrected chi connectivity index (χ1v) is 8.99. The summed E-state index contributed by atoms with van der Waals surface area (Å²) in [6.45, 7) is 1.61. The van der Waals surface area contributed by atoms with Crippen molar-refractivity contribution in [1.82, 2.24) is 4.90 Å². The topological polar surface area (TPSA) is 66.5 Å². The lowest BCUT2D eigenvalue weighted by Crippen LogP contribution is -2.36. The monoisotopic (exact) mass is 386 g/mol.